The van der Waals surface area contributed by atoms with Crippen molar-refractivity contribution in [3.8, 4) is 0 Å². The number of carbonyl (C=O) groups excluding carboxylic acids is 1. The van der Waals surface area contributed by atoms with E-state index in [1.165, 1.54) is 154 Å². The lowest BCUT2D eigenvalue weighted by Gasteiger charge is -2.42. The van der Waals surface area contributed by atoms with Gasteiger partial charge in [0, 0.05) is 0 Å². The molecule has 1 amide bonds. The molecule has 13 atom stereocenters. The molecule has 416 valence electrons. The molecule has 0 aliphatic carbocycles. The average molecular weight is 1010 g/mol. The quantitative estimate of drug-likeness (QED) is 0.0262. The molecule has 0 aromatic rings. The summed E-state index contributed by atoms with van der Waals surface area (Å²) in [6.07, 6.45) is 21.2. The van der Waals surface area contributed by atoms with Crippen molar-refractivity contribution in [2.75, 3.05) is 19.8 Å². The molecule has 70 heavy (non-hydrogen) atoms. The Morgan fingerprint density at radius 2 is 0.929 bits per heavy atom. The summed E-state index contributed by atoms with van der Waals surface area (Å²) >= 11 is 0. The maximum absolute atomic E-state index is 13.3. The van der Waals surface area contributed by atoms with Crippen molar-refractivity contribution in [2.24, 2.45) is 5.92 Å². The van der Waals surface area contributed by atoms with Gasteiger partial charge in [0.2, 0.25) is 5.91 Å². The number of rotatable bonds is 45. The number of nitrogens with one attached hydrogen (secondary N) is 1. The highest BCUT2D eigenvalue weighted by atomic mass is 16.7. The molecule has 10 N–H and O–H groups in total. The van der Waals surface area contributed by atoms with Gasteiger partial charge in [0.1, 0.15) is 54.9 Å². The van der Waals surface area contributed by atoms with Gasteiger partial charge in [-0.3, -0.25) is 4.79 Å². The van der Waals surface area contributed by atoms with Crippen molar-refractivity contribution in [3.05, 3.63) is 0 Å². The number of aliphatic hydroxyl groups is 9. The van der Waals surface area contributed by atoms with Gasteiger partial charge in [-0.05, 0) is 18.8 Å². The lowest BCUT2D eigenvalue weighted by atomic mass is 9.98. The number of amides is 1. The second-order valence-corrected chi connectivity index (χ2v) is 21.5. The summed E-state index contributed by atoms with van der Waals surface area (Å²) in [4.78, 5) is 13.3. The number of ether oxygens (including phenoxy) is 4. The Balaban J connectivity index is 1.79. The molecule has 0 unspecified atom stereocenters. The van der Waals surface area contributed by atoms with Crippen LogP contribution in [0.15, 0.2) is 0 Å². The van der Waals surface area contributed by atoms with E-state index < -0.39 is 98.8 Å². The first-order chi connectivity index (χ1) is 33.8. The van der Waals surface area contributed by atoms with Gasteiger partial charge in [-0.15, -0.1) is 0 Å². The third kappa shape index (κ3) is 29.1. The van der Waals surface area contributed by atoms with Crippen molar-refractivity contribution < 1.29 is 69.7 Å². The first-order valence-corrected chi connectivity index (χ1v) is 28.7. The summed E-state index contributed by atoms with van der Waals surface area (Å²) in [7, 11) is 0. The van der Waals surface area contributed by atoms with Gasteiger partial charge in [0.15, 0.2) is 12.6 Å². The second kappa shape index (κ2) is 41.2. The van der Waals surface area contributed by atoms with Gasteiger partial charge in [-0.2, -0.15) is 0 Å². The Morgan fingerprint density at radius 1 is 0.514 bits per heavy atom. The molecule has 2 fully saturated rings. The predicted molar refractivity (Wildman–Crippen MR) is 274 cm³/mol. The fourth-order valence-electron chi connectivity index (χ4n) is 9.67. The Kier molecular flexibility index (Phi) is 38.3. The highest BCUT2D eigenvalue weighted by Crippen LogP contribution is 2.26. The molecule has 2 heterocycles. The summed E-state index contributed by atoms with van der Waals surface area (Å²) in [6.45, 7) is 5.50. The highest BCUT2D eigenvalue weighted by Gasteiger charge is 2.46. The predicted octanol–water partition coefficient (Wildman–Crippen LogP) is 7.77. The highest BCUT2D eigenvalue weighted by molar-refractivity contribution is 5.80. The lowest BCUT2D eigenvalue weighted by Crippen LogP contribution is -2.61. The van der Waals surface area contributed by atoms with Gasteiger partial charge in [0.05, 0.1) is 32.0 Å². The Morgan fingerprint density at radius 3 is 1.39 bits per heavy atom. The molecular weight excluding hydrogens is 899 g/mol. The molecule has 15 heteroatoms. The van der Waals surface area contributed by atoms with Crippen LogP contribution in [0.4, 0.5) is 0 Å². The average Bonchev–Trinajstić information content (AvgIpc) is 3.34. The zero-order valence-electron chi connectivity index (χ0n) is 44.3. The van der Waals surface area contributed by atoms with Crippen LogP contribution >= 0.6 is 0 Å². The minimum Gasteiger partial charge on any atom is -0.390 e. The number of hydrogen-bond acceptors (Lipinski definition) is 14. The van der Waals surface area contributed by atoms with E-state index in [4.69, 9.17) is 18.9 Å². The minimum absolute atomic E-state index is 0.223. The van der Waals surface area contributed by atoms with Crippen LogP contribution in [0.5, 0.6) is 0 Å². The number of unbranched alkanes of at least 4 members (excludes halogenated alkanes) is 29. The fourth-order valence-corrected chi connectivity index (χ4v) is 9.67. The molecule has 0 radical (unpaired) electrons. The summed E-state index contributed by atoms with van der Waals surface area (Å²) in [5, 5.41) is 98.2. The van der Waals surface area contributed by atoms with Gasteiger partial charge >= 0.3 is 0 Å². The van der Waals surface area contributed by atoms with Crippen molar-refractivity contribution >= 4 is 5.91 Å². The maximum atomic E-state index is 13.3. The molecule has 0 aromatic carbocycles. The van der Waals surface area contributed by atoms with E-state index in [9.17, 15) is 50.8 Å². The van der Waals surface area contributed by atoms with E-state index in [0.29, 0.717) is 12.8 Å². The van der Waals surface area contributed by atoms with Crippen LogP contribution in [0.2, 0.25) is 0 Å². The fraction of sp³-hybridized carbons (Fsp3) is 0.982. The van der Waals surface area contributed by atoms with Crippen LogP contribution in [0, 0.1) is 5.92 Å². The van der Waals surface area contributed by atoms with Crippen LogP contribution in [0.3, 0.4) is 0 Å². The molecule has 15 nitrogen and oxygen atoms in total. The summed E-state index contributed by atoms with van der Waals surface area (Å²) in [5.74, 6) is 0.0349. The molecule has 0 spiro atoms. The molecule has 2 saturated heterocycles. The van der Waals surface area contributed by atoms with Gasteiger partial charge in [0.25, 0.3) is 0 Å². The Bertz CT molecular complexity index is 1220. The van der Waals surface area contributed by atoms with Crippen LogP contribution in [-0.4, -0.2) is 151 Å². The van der Waals surface area contributed by atoms with E-state index in [1.54, 1.807) is 0 Å². The van der Waals surface area contributed by atoms with E-state index >= 15 is 0 Å². The standard InChI is InChI=1S/C55H107NO14/c1-4-5-6-7-8-9-10-11-12-13-14-15-16-17-18-21-25-28-31-34-37-44(58)53(66)56-42(47(60)43(57)36-33-30-27-24-22-19-20-23-26-29-32-35-41(2)3)38-67-55-52(65)50(63)49(62)46(70-55)40-69-54-51(64)48(61)45(59)39-68-54/h41-52,54-55,57-65H,4-40H2,1-3H3,(H,56,66)/t42-,43+,44+,45+,46+,47-,48+,49+,50-,51-,52+,54-,55+/m0/s1. The van der Waals surface area contributed by atoms with Gasteiger partial charge < -0.3 is 70.2 Å². The summed E-state index contributed by atoms with van der Waals surface area (Å²) in [5.41, 5.74) is 0. The third-order valence-corrected chi connectivity index (χ3v) is 14.5. The number of aliphatic hydroxyl groups excluding tert-OH is 9. The zero-order valence-corrected chi connectivity index (χ0v) is 44.3. The van der Waals surface area contributed by atoms with E-state index in [2.05, 4.69) is 26.1 Å². The third-order valence-electron chi connectivity index (χ3n) is 14.5. The van der Waals surface area contributed by atoms with Crippen LogP contribution < -0.4 is 5.32 Å². The topological polar surface area (TPSA) is 248 Å². The van der Waals surface area contributed by atoms with Crippen molar-refractivity contribution in [3.63, 3.8) is 0 Å². The Labute approximate surface area is 424 Å². The lowest BCUT2D eigenvalue weighted by molar-refractivity contribution is -0.322. The van der Waals surface area contributed by atoms with Crippen LogP contribution in [0.25, 0.3) is 0 Å². The SMILES string of the molecule is CCCCCCCCCCCCCCCCCCCCCC[C@@H](O)C(=O)N[C@@H](CO[C@@H]1O[C@H](CO[C@@H]2OC[C@@H](O)[C@@H](O)[C@@H]2O)[C@@H](O)[C@H](O)[C@H]1O)[C@H](O)[C@H](O)CCCCCCCCCCCCCC(C)C. The molecule has 2 aliphatic heterocycles. The van der Waals surface area contributed by atoms with Crippen LogP contribution in [-0.2, 0) is 23.7 Å². The number of hydrogen-bond donors (Lipinski definition) is 10. The largest absolute Gasteiger partial charge is 0.390 e. The van der Waals surface area contributed by atoms with Gasteiger partial charge in [-0.25, -0.2) is 0 Å². The molecule has 2 rings (SSSR count). The van der Waals surface area contributed by atoms with Crippen molar-refractivity contribution in [1.82, 2.24) is 5.32 Å². The van der Waals surface area contributed by atoms with Crippen molar-refractivity contribution in [2.45, 2.75) is 319 Å². The molecule has 0 aromatic heterocycles. The second-order valence-electron chi connectivity index (χ2n) is 21.5. The Hall–Kier alpha value is -1.05. The smallest absolute Gasteiger partial charge is 0.249 e. The number of carbonyl (C=O) groups is 1. The molecule has 0 bridgehead atoms. The van der Waals surface area contributed by atoms with Crippen molar-refractivity contribution in [1.29, 1.82) is 0 Å². The summed E-state index contributed by atoms with van der Waals surface area (Å²) in [6, 6.07) is -1.24. The monoisotopic (exact) mass is 1010 g/mol. The molecular formula is C55H107NO14. The molecule has 2 aliphatic rings. The first kappa shape index (κ1) is 65.1. The molecule has 0 saturated carbocycles. The van der Waals surface area contributed by atoms with Crippen LogP contribution in [0.1, 0.15) is 239 Å². The summed E-state index contributed by atoms with van der Waals surface area (Å²) < 4.78 is 22.3. The minimum atomic E-state index is -1.77. The maximum Gasteiger partial charge on any atom is 0.249 e. The van der Waals surface area contributed by atoms with E-state index in [-0.39, 0.29) is 19.4 Å². The van der Waals surface area contributed by atoms with E-state index in [1.807, 2.05) is 0 Å². The van der Waals surface area contributed by atoms with E-state index in [0.717, 1.165) is 44.4 Å². The normalized spacial score (nSPS) is 25.8. The zero-order chi connectivity index (χ0) is 51.4. The van der Waals surface area contributed by atoms with Gasteiger partial charge in [-0.1, -0.05) is 226 Å². The first-order valence-electron chi connectivity index (χ1n) is 28.7.